The average Bonchev–Trinajstić information content (AvgIpc) is 2.81. The fourth-order valence-electron chi connectivity index (χ4n) is 3.35. The summed E-state index contributed by atoms with van der Waals surface area (Å²) >= 11 is 0. The predicted molar refractivity (Wildman–Crippen MR) is 119 cm³/mol. The summed E-state index contributed by atoms with van der Waals surface area (Å²) in [5.74, 6) is 1.31. The van der Waals surface area contributed by atoms with Crippen LogP contribution >= 0.6 is 0 Å². The Morgan fingerprint density at radius 3 is 2.13 bits per heavy atom. The molecule has 0 spiro atoms. The van der Waals surface area contributed by atoms with E-state index in [2.05, 4.69) is 5.32 Å². The van der Waals surface area contributed by atoms with Gasteiger partial charge in [0, 0.05) is 13.1 Å². The molecule has 5 heteroatoms. The lowest BCUT2D eigenvalue weighted by atomic mass is 10.1. The van der Waals surface area contributed by atoms with E-state index >= 15 is 0 Å². The zero-order valence-electron chi connectivity index (χ0n) is 17.7. The molecule has 3 aromatic carbocycles. The molecule has 0 radical (unpaired) electrons. The molecule has 5 nitrogen and oxygen atoms in total. The smallest absolute Gasteiger partial charge is 0.318 e. The molecule has 0 bridgehead atoms. The molecule has 0 saturated carbocycles. The van der Waals surface area contributed by atoms with Crippen molar-refractivity contribution in [2.45, 2.75) is 26.1 Å². The lowest BCUT2D eigenvalue weighted by molar-refractivity contribution is 0.175. The number of hydrogen-bond donors (Lipinski definition) is 1. The standard InChI is InChI=1S/C25H28N2O3/c1-19(22-12-8-5-9-13-22)27(25(28)26-17-20-10-6-4-7-11-20)18-21-14-15-23(29-2)24(16-21)30-3/h4-16,19H,17-18H2,1-3H3,(H,26,28). The first-order valence-corrected chi connectivity index (χ1v) is 9.96. The second-order valence-electron chi connectivity index (χ2n) is 7.05. The Balaban J connectivity index is 1.82. The van der Waals surface area contributed by atoms with Gasteiger partial charge in [0.25, 0.3) is 0 Å². The molecular weight excluding hydrogens is 376 g/mol. The van der Waals surface area contributed by atoms with Crippen molar-refractivity contribution >= 4 is 6.03 Å². The second-order valence-corrected chi connectivity index (χ2v) is 7.05. The highest BCUT2D eigenvalue weighted by atomic mass is 16.5. The van der Waals surface area contributed by atoms with Crippen molar-refractivity contribution in [1.29, 1.82) is 0 Å². The third-order valence-corrected chi connectivity index (χ3v) is 5.10. The van der Waals surface area contributed by atoms with Crippen LogP contribution in [0.15, 0.2) is 78.9 Å². The van der Waals surface area contributed by atoms with Gasteiger partial charge in [-0.2, -0.15) is 0 Å². The van der Waals surface area contributed by atoms with Gasteiger partial charge in [-0.05, 0) is 35.7 Å². The Morgan fingerprint density at radius 1 is 0.867 bits per heavy atom. The Morgan fingerprint density at radius 2 is 1.50 bits per heavy atom. The van der Waals surface area contributed by atoms with E-state index in [9.17, 15) is 4.79 Å². The molecule has 0 fully saturated rings. The molecule has 0 aliphatic rings. The van der Waals surface area contributed by atoms with Gasteiger partial charge in [0.1, 0.15) is 0 Å². The summed E-state index contributed by atoms with van der Waals surface area (Å²) in [6.45, 7) is 2.96. The first-order chi connectivity index (χ1) is 14.6. The molecule has 0 aromatic heterocycles. The van der Waals surface area contributed by atoms with Crippen LogP contribution in [0.3, 0.4) is 0 Å². The second kappa shape index (κ2) is 10.3. The third kappa shape index (κ3) is 5.32. The molecule has 1 atom stereocenters. The van der Waals surface area contributed by atoms with Gasteiger partial charge in [0.05, 0.1) is 20.3 Å². The highest BCUT2D eigenvalue weighted by Crippen LogP contribution is 2.29. The molecule has 156 valence electrons. The number of methoxy groups -OCH3 is 2. The van der Waals surface area contributed by atoms with E-state index in [1.807, 2.05) is 90.7 Å². The van der Waals surface area contributed by atoms with Crippen LogP contribution in [0.2, 0.25) is 0 Å². The number of nitrogens with zero attached hydrogens (tertiary/aromatic N) is 1. The van der Waals surface area contributed by atoms with Crippen molar-refractivity contribution in [3.05, 3.63) is 95.6 Å². The van der Waals surface area contributed by atoms with Crippen LogP contribution in [0.25, 0.3) is 0 Å². The van der Waals surface area contributed by atoms with Crippen LogP contribution < -0.4 is 14.8 Å². The molecule has 1 N–H and O–H groups in total. The van der Waals surface area contributed by atoms with E-state index in [1.165, 1.54) is 0 Å². The minimum Gasteiger partial charge on any atom is -0.493 e. The summed E-state index contributed by atoms with van der Waals surface area (Å²) in [6, 6.07) is 25.4. The van der Waals surface area contributed by atoms with Gasteiger partial charge in [-0.25, -0.2) is 4.79 Å². The van der Waals surface area contributed by atoms with Crippen molar-refractivity contribution in [3.8, 4) is 11.5 Å². The van der Waals surface area contributed by atoms with Crippen molar-refractivity contribution in [2.75, 3.05) is 14.2 Å². The highest BCUT2D eigenvalue weighted by Gasteiger charge is 2.22. The van der Waals surface area contributed by atoms with Gasteiger partial charge in [-0.1, -0.05) is 66.7 Å². The highest BCUT2D eigenvalue weighted by molar-refractivity contribution is 5.74. The third-order valence-electron chi connectivity index (χ3n) is 5.10. The van der Waals surface area contributed by atoms with Gasteiger partial charge in [0.15, 0.2) is 11.5 Å². The van der Waals surface area contributed by atoms with E-state index in [0.717, 1.165) is 16.7 Å². The molecule has 1 unspecified atom stereocenters. The SMILES string of the molecule is COc1ccc(CN(C(=O)NCc2ccccc2)C(C)c2ccccc2)cc1OC. The van der Waals surface area contributed by atoms with Crippen LogP contribution in [-0.2, 0) is 13.1 Å². The number of ether oxygens (including phenoxy) is 2. The minimum absolute atomic E-state index is 0.102. The Hall–Kier alpha value is -3.47. The lowest BCUT2D eigenvalue weighted by Gasteiger charge is -2.30. The quantitative estimate of drug-likeness (QED) is 0.563. The maximum Gasteiger partial charge on any atom is 0.318 e. The maximum absolute atomic E-state index is 13.2. The Labute approximate surface area is 178 Å². The molecule has 0 heterocycles. The average molecular weight is 405 g/mol. The number of nitrogens with one attached hydrogen (secondary N) is 1. The fraction of sp³-hybridized carbons (Fsp3) is 0.240. The number of carbonyl (C=O) groups is 1. The number of carbonyl (C=O) groups excluding carboxylic acids is 1. The molecule has 0 aliphatic carbocycles. The summed E-state index contributed by atoms with van der Waals surface area (Å²) in [5.41, 5.74) is 3.10. The predicted octanol–water partition coefficient (Wildman–Crippen LogP) is 5.18. The van der Waals surface area contributed by atoms with Crippen molar-refractivity contribution in [3.63, 3.8) is 0 Å². The van der Waals surface area contributed by atoms with E-state index in [-0.39, 0.29) is 12.1 Å². The molecule has 0 saturated heterocycles. The summed E-state index contributed by atoms with van der Waals surface area (Å²) in [4.78, 5) is 15.0. The zero-order chi connectivity index (χ0) is 21.3. The van der Waals surface area contributed by atoms with Crippen LogP contribution in [0.5, 0.6) is 11.5 Å². The molecule has 0 aliphatic heterocycles. The van der Waals surface area contributed by atoms with E-state index in [0.29, 0.717) is 24.6 Å². The number of benzene rings is 3. The van der Waals surface area contributed by atoms with Gasteiger partial charge >= 0.3 is 6.03 Å². The maximum atomic E-state index is 13.2. The fourth-order valence-corrected chi connectivity index (χ4v) is 3.35. The van der Waals surface area contributed by atoms with Crippen LogP contribution in [0.4, 0.5) is 4.79 Å². The van der Waals surface area contributed by atoms with Crippen molar-refractivity contribution < 1.29 is 14.3 Å². The summed E-state index contributed by atoms with van der Waals surface area (Å²) in [5, 5.41) is 3.05. The van der Waals surface area contributed by atoms with Crippen molar-refractivity contribution in [2.24, 2.45) is 0 Å². The first-order valence-electron chi connectivity index (χ1n) is 9.96. The van der Waals surface area contributed by atoms with Crippen molar-refractivity contribution in [1.82, 2.24) is 10.2 Å². The first kappa shape index (κ1) is 21.2. The normalized spacial score (nSPS) is 11.4. The van der Waals surface area contributed by atoms with Gasteiger partial charge < -0.3 is 19.7 Å². The lowest BCUT2D eigenvalue weighted by Crippen LogP contribution is -2.40. The summed E-state index contributed by atoms with van der Waals surface area (Å²) in [6.07, 6.45) is 0. The molecule has 2 amide bonds. The molecule has 3 rings (SSSR count). The number of urea groups is 1. The largest absolute Gasteiger partial charge is 0.493 e. The van der Waals surface area contributed by atoms with Crippen LogP contribution in [0, 0.1) is 0 Å². The van der Waals surface area contributed by atoms with Crippen LogP contribution in [-0.4, -0.2) is 25.2 Å². The van der Waals surface area contributed by atoms with E-state index in [1.54, 1.807) is 14.2 Å². The Bertz CT molecular complexity index is 945. The number of amides is 2. The van der Waals surface area contributed by atoms with Gasteiger partial charge in [-0.3, -0.25) is 0 Å². The molecule has 30 heavy (non-hydrogen) atoms. The number of rotatable bonds is 8. The topological polar surface area (TPSA) is 50.8 Å². The monoisotopic (exact) mass is 404 g/mol. The minimum atomic E-state index is -0.120. The summed E-state index contributed by atoms with van der Waals surface area (Å²) in [7, 11) is 3.22. The Kier molecular flexibility index (Phi) is 7.33. The van der Waals surface area contributed by atoms with E-state index < -0.39 is 0 Å². The van der Waals surface area contributed by atoms with Gasteiger partial charge in [-0.15, -0.1) is 0 Å². The molecule has 3 aromatic rings. The summed E-state index contributed by atoms with van der Waals surface area (Å²) < 4.78 is 10.8. The number of hydrogen-bond acceptors (Lipinski definition) is 3. The molecular formula is C25H28N2O3. The zero-order valence-corrected chi connectivity index (χ0v) is 17.7. The van der Waals surface area contributed by atoms with E-state index in [4.69, 9.17) is 9.47 Å². The van der Waals surface area contributed by atoms with Crippen LogP contribution in [0.1, 0.15) is 29.7 Å². The van der Waals surface area contributed by atoms with Gasteiger partial charge in [0.2, 0.25) is 0 Å².